The molecule has 6 nitrogen and oxygen atoms in total. The molecule has 0 saturated carbocycles. The van der Waals surface area contributed by atoms with Gasteiger partial charge in [0.1, 0.15) is 0 Å². The Hall–Kier alpha value is -3.06. The van der Waals surface area contributed by atoms with Gasteiger partial charge in [-0.25, -0.2) is 0 Å². The Labute approximate surface area is 182 Å². The summed E-state index contributed by atoms with van der Waals surface area (Å²) in [6, 6.07) is 12.9. The summed E-state index contributed by atoms with van der Waals surface area (Å²) >= 11 is 5.36. The molecule has 30 heavy (non-hydrogen) atoms. The number of ether oxygens (including phenoxy) is 2. The lowest BCUT2D eigenvalue weighted by Crippen LogP contribution is -2.45. The van der Waals surface area contributed by atoms with Crippen molar-refractivity contribution in [3.8, 4) is 11.5 Å². The molecule has 1 aliphatic rings. The van der Waals surface area contributed by atoms with Crippen LogP contribution in [0.3, 0.4) is 0 Å². The molecular formula is C23H27N3O3S. The maximum atomic E-state index is 13.4. The van der Waals surface area contributed by atoms with Gasteiger partial charge >= 0.3 is 0 Å². The molecule has 0 fully saturated rings. The van der Waals surface area contributed by atoms with Crippen molar-refractivity contribution in [1.29, 1.82) is 0 Å². The molecule has 1 aliphatic heterocycles. The van der Waals surface area contributed by atoms with Crippen molar-refractivity contribution in [1.82, 2.24) is 10.6 Å². The van der Waals surface area contributed by atoms with Gasteiger partial charge < -0.3 is 25.4 Å². The molecule has 0 aromatic heterocycles. The quantitative estimate of drug-likeness (QED) is 0.601. The molecule has 2 aromatic rings. The van der Waals surface area contributed by atoms with Crippen LogP contribution in [0.2, 0.25) is 0 Å². The number of benzene rings is 2. The monoisotopic (exact) mass is 425 g/mol. The van der Waals surface area contributed by atoms with Crippen LogP contribution in [-0.4, -0.2) is 25.2 Å². The summed E-state index contributed by atoms with van der Waals surface area (Å²) in [5.74, 6) is 1.21. The van der Waals surface area contributed by atoms with Gasteiger partial charge in [-0.3, -0.25) is 4.79 Å². The molecule has 1 heterocycles. The van der Waals surface area contributed by atoms with E-state index in [-0.39, 0.29) is 11.8 Å². The second-order valence-electron chi connectivity index (χ2n) is 7.35. The van der Waals surface area contributed by atoms with Crippen LogP contribution in [0, 0.1) is 0 Å². The summed E-state index contributed by atoms with van der Waals surface area (Å²) < 4.78 is 11.0. The first-order valence-corrected chi connectivity index (χ1v) is 10.2. The van der Waals surface area contributed by atoms with Gasteiger partial charge in [-0.1, -0.05) is 44.2 Å². The van der Waals surface area contributed by atoms with Gasteiger partial charge in [0.2, 0.25) is 0 Å². The molecule has 0 bridgehead atoms. The predicted octanol–water partition coefficient (Wildman–Crippen LogP) is 4.26. The molecular weight excluding hydrogens is 398 g/mol. The predicted molar refractivity (Wildman–Crippen MR) is 123 cm³/mol. The number of carbonyl (C=O) groups excluding carboxylic acids is 1. The smallest absolute Gasteiger partial charge is 0.255 e. The van der Waals surface area contributed by atoms with Crippen LogP contribution in [0.15, 0.2) is 53.7 Å². The molecule has 3 N–H and O–H groups in total. The summed E-state index contributed by atoms with van der Waals surface area (Å²) in [6.07, 6.45) is 0. The number of para-hydroxylation sites is 2. The van der Waals surface area contributed by atoms with E-state index >= 15 is 0 Å². The Morgan fingerprint density at radius 2 is 1.83 bits per heavy atom. The number of nitrogens with one attached hydrogen (secondary N) is 3. The molecule has 0 saturated heterocycles. The molecule has 0 spiro atoms. The fourth-order valence-electron chi connectivity index (χ4n) is 3.67. The van der Waals surface area contributed by atoms with Crippen molar-refractivity contribution in [2.75, 3.05) is 19.5 Å². The van der Waals surface area contributed by atoms with Gasteiger partial charge in [0.25, 0.3) is 5.91 Å². The third-order valence-electron chi connectivity index (χ3n) is 5.09. The summed E-state index contributed by atoms with van der Waals surface area (Å²) in [4.78, 5) is 13.4. The van der Waals surface area contributed by atoms with Gasteiger partial charge in [-0.2, -0.15) is 0 Å². The average molecular weight is 426 g/mol. The minimum absolute atomic E-state index is 0.210. The highest BCUT2D eigenvalue weighted by molar-refractivity contribution is 7.80. The maximum Gasteiger partial charge on any atom is 0.255 e. The largest absolute Gasteiger partial charge is 0.493 e. The molecule has 1 atom stereocenters. The van der Waals surface area contributed by atoms with Crippen molar-refractivity contribution in [3.05, 3.63) is 64.9 Å². The number of anilines is 1. The zero-order valence-corrected chi connectivity index (χ0v) is 18.6. The molecule has 0 unspecified atom stereocenters. The number of amides is 1. The lowest BCUT2D eigenvalue weighted by molar-refractivity contribution is -0.113. The molecule has 2 aromatic carbocycles. The maximum absolute atomic E-state index is 13.4. The molecule has 1 amide bonds. The van der Waals surface area contributed by atoms with Gasteiger partial charge in [0.05, 0.1) is 25.8 Å². The Kier molecular flexibility index (Phi) is 6.62. The topological polar surface area (TPSA) is 71.6 Å². The number of rotatable bonds is 6. The van der Waals surface area contributed by atoms with E-state index in [1.807, 2.05) is 49.4 Å². The van der Waals surface area contributed by atoms with Gasteiger partial charge in [-0.15, -0.1) is 0 Å². The summed E-state index contributed by atoms with van der Waals surface area (Å²) in [5.41, 5.74) is 3.86. The second kappa shape index (κ2) is 9.17. The van der Waals surface area contributed by atoms with E-state index in [9.17, 15) is 4.79 Å². The van der Waals surface area contributed by atoms with Crippen LogP contribution in [0.1, 0.15) is 43.9 Å². The zero-order chi connectivity index (χ0) is 21.8. The molecule has 7 heteroatoms. The van der Waals surface area contributed by atoms with Gasteiger partial charge in [0.15, 0.2) is 16.6 Å². The normalized spacial score (nSPS) is 16.1. The SMILES string of the molecule is COc1cccc([C@@H]2NC(=S)NC(C)=C2C(=O)Nc2ccccc2C(C)C)c1OC. The van der Waals surface area contributed by atoms with E-state index in [0.29, 0.717) is 27.9 Å². The Morgan fingerprint density at radius 3 is 2.50 bits per heavy atom. The minimum atomic E-state index is -0.491. The van der Waals surface area contributed by atoms with Gasteiger partial charge in [-0.05, 0) is 42.8 Å². The molecule has 158 valence electrons. The minimum Gasteiger partial charge on any atom is -0.493 e. The first-order chi connectivity index (χ1) is 14.4. The number of methoxy groups -OCH3 is 2. The first-order valence-electron chi connectivity index (χ1n) is 9.76. The van der Waals surface area contributed by atoms with Crippen molar-refractivity contribution < 1.29 is 14.3 Å². The zero-order valence-electron chi connectivity index (χ0n) is 17.8. The Bertz CT molecular complexity index is 1000. The molecule has 0 aliphatic carbocycles. The third kappa shape index (κ3) is 4.26. The number of thiocarbonyl (C=S) groups is 1. The van der Waals surface area contributed by atoms with E-state index in [1.54, 1.807) is 14.2 Å². The van der Waals surface area contributed by atoms with Crippen LogP contribution in [0.25, 0.3) is 0 Å². The summed E-state index contributed by atoms with van der Waals surface area (Å²) in [5, 5.41) is 9.80. The number of allylic oxidation sites excluding steroid dienone is 1. The summed E-state index contributed by atoms with van der Waals surface area (Å²) in [7, 11) is 3.16. The van der Waals surface area contributed by atoms with E-state index in [1.165, 1.54) is 0 Å². The number of hydrogen-bond acceptors (Lipinski definition) is 4. The first kappa shape index (κ1) is 21.6. The lowest BCUT2D eigenvalue weighted by Gasteiger charge is -2.31. The average Bonchev–Trinajstić information content (AvgIpc) is 2.72. The molecule has 3 rings (SSSR count). The van der Waals surface area contributed by atoms with Crippen molar-refractivity contribution in [3.63, 3.8) is 0 Å². The highest BCUT2D eigenvalue weighted by atomic mass is 32.1. The Balaban J connectivity index is 2.05. The van der Waals surface area contributed by atoms with Crippen LogP contribution in [-0.2, 0) is 4.79 Å². The third-order valence-corrected chi connectivity index (χ3v) is 5.31. The van der Waals surface area contributed by atoms with Crippen LogP contribution in [0.5, 0.6) is 11.5 Å². The molecule has 0 radical (unpaired) electrons. The number of hydrogen-bond donors (Lipinski definition) is 3. The van der Waals surface area contributed by atoms with Crippen LogP contribution >= 0.6 is 12.2 Å². The Morgan fingerprint density at radius 1 is 1.10 bits per heavy atom. The fourth-order valence-corrected chi connectivity index (χ4v) is 3.94. The highest BCUT2D eigenvalue weighted by Crippen LogP contribution is 2.39. The number of carbonyl (C=O) groups is 1. The van der Waals surface area contributed by atoms with E-state index in [4.69, 9.17) is 21.7 Å². The fraction of sp³-hybridized carbons (Fsp3) is 0.304. The van der Waals surface area contributed by atoms with Crippen molar-refractivity contribution in [2.24, 2.45) is 0 Å². The van der Waals surface area contributed by atoms with E-state index in [0.717, 1.165) is 16.8 Å². The van der Waals surface area contributed by atoms with Gasteiger partial charge in [0, 0.05) is 16.9 Å². The van der Waals surface area contributed by atoms with Crippen LogP contribution < -0.4 is 25.4 Å². The summed E-state index contributed by atoms with van der Waals surface area (Å²) in [6.45, 7) is 6.04. The lowest BCUT2D eigenvalue weighted by atomic mass is 9.93. The highest BCUT2D eigenvalue weighted by Gasteiger charge is 2.33. The van der Waals surface area contributed by atoms with E-state index < -0.39 is 6.04 Å². The van der Waals surface area contributed by atoms with E-state index in [2.05, 4.69) is 29.8 Å². The van der Waals surface area contributed by atoms with Crippen LogP contribution in [0.4, 0.5) is 5.69 Å². The second-order valence-corrected chi connectivity index (χ2v) is 7.76. The van der Waals surface area contributed by atoms with Crippen molar-refractivity contribution in [2.45, 2.75) is 32.7 Å². The standard InChI is InChI=1S/C23H27N3O3S/c1-13(2)15-9-6-7-11-17(15)25-22(27)19-14(3)24-23(30)26-20(19)16-10-8-12-18(28-4)21(16)29-5/h6-13,20H,1-5H3,(H,25,27)(H2,24,26,30)/t20-/m0/s1. The van der Waals surface area contributed by atoms with Crippen molar-refractivity contribution >= 4 is 28.9 Å².